The molecule has 0 aliphatic heterocycles. The third-order valence-corrected chi connectivity index (χ3v) is 5.76. The first-order chi connectivity index (χ1) is 15.0. The van der Waals surface area contributed by atoms with Crippen molar-refractivity contribution < 1.29 is 19.1 Å². The van der Waals surface area contributed by atoms with Gasteiger partial charge in [-0.25, -0.2) is 4.89 Å². The second kappa shape index (κ2) is 11.7. The van der Waals surface area contributed by atoms with Gasteiger partial charge in [0.05, 0.1) is 32.5 Å². The van der Waals surface area contributed by atoms with E-state index in [9.17, 15) is 5.11 Å². The Morgan fingerprint density at radius 2 is 1.97 bits per heavy atom. The average molecular weight is 445 g/mol. The Kier molecular flexibility index (Phi) is 8.95. The van der Waals surface area contributed by atoms with Crippen molar-refractivity contribution in [2.45, 2.75) is 31.4 Å². The van der Waals surface area contributed by atoms with Gasteiger partial charge in [-0.1, -0.05) is 42.5 Å². The molecule has 3 rings (SSSR count). The maximum atomic E-state index is 9.87. The summed E-state index contributed by atoms with van der Waals surface area (Å²) in [5, 5.41) is 9.87. The van der Waals surface area contributed by atoms with Crippen LogP contribution in [0.1, 0.15) is 29.5 Å². The smallest absolute Gasteiger partial charge is 0.151 e. The Morgan fingerprint density at radius 3 is 2.65 bits per heavy atom. The highest BCUT2D eigenvalue weighted by atomic mass is 32.2. The summed E-state index contributed by atoms with van der Waals surface area (Å²) in [6, 6.07) is 16.2. The van der Waals surface area contributed by atoms with Crippen LogP contribution < -0.4 is 10.0 Å². The predicted molar refractivity (Wildman–Crippen MR) is 126 cm³/mol. The largest absolute Gasteiger partial charge is 0.394 e. The molecular formula is C24H32N2O4S. The molecule has 0 amide bonds. The van der Waals surface area contributed by atoms with Crippen LogP contribution in [0.15, 0.2) is 54.6 Å². The molecule has 7 heteroatoms. The van der Waals surface area contributed by atoms with Crippen molar-refractivity contribution >= 4 is 24.0 Å². The molecule has 1 atom stereocenters. The number of aliphatic hydroxyl groups excluding tert-OH is 1. The van der Waals surface area contributed by atoms with Crippen molar-refractivity contribution in [2.24, 2.45) is 11.7 Å². The normalized spacial score (nSPS) is 15.9. The van der Waals surface area contributed by atoms with Gasteiger partial charge in [-0.2, -0.15) is 0 Å². The molecule has 0 spiro atoms. The van der Waals surface area contributed by atoms with E-state index >= 15 is 0 Å². The van der Waals surface area contributed by atoms with E-state index < -0.39 is 5.54 Å². The van der Waals surface area contributed by atoms with Crippen molar-refractivity contribution in [3.63, 3.8) is 0 Å². The average Bonchev–Trinajstić information content (AvgIpc) is 3.61. The fourth-order valence-corrected chi connectivity index (χ4v) is 3.59. The summed E-state index contributed by atoms with van der Waals surface area (Å²) in [5.41, 5.74) is 9.78. The Balaban J connectivity index is 1.66. The van der Waals surface area contributed by atoms with E-state index in [2.05, 4.69) is 30.4 Å². The minimum absolute atomic E-state index is 0.148. The van der Waals surface area contributed by atoms with Crippen molar-refractivity contribution in [1.82, 2.24) is 0 Å². The van der Waals surface area contributed by atoms with Gasteiger partial charge in [0.25, 0.3) is 0 Å². The van der Waals surface area contributed by atoms with Crippen LogP contribution in [0.3, 0.4) is 0 Å². The molecule has 2 aromatic carbocycles. The Hall–Kier alpha value is -1.87. The lowest BCUT2D eigenvalue weighted by Crippen LogP contribution is -2.50. The van der Waals surface area contributed by atoms with Crippen LogP contribution >= 0.6 is 12.2 Å². The van der Waals surface area contributed by atoms with E-state index in [4.69, 9.17) is 19.7 Å². The van der Waals surface area contributed by atoms with Crippen molar-refractivity contribution in [3.8, 4) is 0 Å². The van der Waals surface area contributed by atoms with Crippen LogP contribution in [0.5, 0.6) is 0 Å². The molecule has 0 radical (unpaired) electrons. The number of benzene rings is 2. The fraction of sp³-hybridized carbons (Fsp3) is 0.417. The van der Waals surface area contributed by atoms with Crippen molar-refractivity contribution in [3.05, 3.63) is 71.3 Å². The number of allylic oxidation sites excluding steroid dienone is 1. The molecule has 0 heterocycles. The molecule has 0 bridgehead atoms. The number of nitrogens with zero attached hydrogens (tertiary/aromatic N) is 1. The molecule has 0 aromatic heterocycles. The number of ether oxygens (including phenoxy) is 1. The summed E-state index contributed by atoms with van der Waals surface area (Å²) < 4.78 is 12.8. The van der Waals surface area contributed by atoms with Gasteiger partial charge in [0.1, 0.15) is 0 Å². The minimum Gasteiger partial charge on any atom is -0.394 e. The number of anilines is 1. The first-order valence-corrected chi connectivity index (χ1v) is 11.2. The van der Waals surface area contributed by atoms with E-state index in [1.54, 1.807) is 0 Å². The summed E-state index contributed by atoms with van der Waals surface area (Å²) >= 11 is 1.11. The van der Waals surface area contributed by atoms with Crippen LogP contribution in [-0.4, -0.2) is 38.0 Å². The second-order valence-corrected chi connectivity index (χ2v) is 8.94. The Morgan fingerprint density at radius 1 is 1.19 bits per heavy atom. The SMILES string of the molecule is COOSN(C)c1cc(C=CC2CC2)cc(COCC(N)(CO)Cc2ccccc2)c1. The van der Waals surface area contributed by atoms with E-state index in [0.717, 1.165) is 34.6 Å². The molecule has 31 heavy (non-hydrogen) atoms. The van der Waals surface area contributed by atoms with Gasteiger partial charge in [0.2, 0.25) is 0 Å². The van der Waals surface area contributed by atoms with E-state index in [1.165, 1.54) is 20.0 Å². The minimum atomic E-state index is -0.827. The molecule has 1 unspecified atom stereocenters. The van der Waals surface area contributed by atoms with Crippen LogP contribution in [0, 0.1) is 5.92 Å². The number of nitrogens with two attached hydrogens (primary N) is 1. The molecule has 168 valence electrons. The molecule has 2 aromatic rings. The van der Waals surface area contributed by atoms with Crippen LogP contribution in [-0.2, 0) is 27.0 Å². The zero-order valence-electron chi connectivity index (χ0n) is 18.2. The molecule has 1 fully saturated rings. The predicted octanol–water partition coefficient (Wildman–Crippen LogP) is 4.14. The van der Waals surface area contributed by atoms with Crippen molar-refractivity contribution in [1.29, 1.82) is 0 Å². The highest BCUT2D eigenvalue weighted by molar-refractivity contribution is 7.95. The number of rotatable bonds is 13. The molecular weight excluding hydrogens is 412 g/mol. The summed E-state index contributed by atoms with van der Waals surface area (Å²) in [5.74, 6) is 0.702. The molecule has 1 aliphatic carbocycles. The summed E-state index contributed by atoms with van der Waals surface area (Å²) in [6.07, 6.45) is 7.51. The highest BCUT2D eigenvalue weighted by Gasteiger charge is 2.25. The molecule has 0 saturated heterocycles. The summed E-state index contributed by atoms with van der Waals surface area (Å²) in [7, 11) is 3.39. The van der Waals surface area contributed by atoms with E-state index in [1.807, 2.05) is 41.7 Å². The first kappa shape index (κ1) is 23.8. The van der Waals surface area contributed by atoms with E-state index in [-0.39, 0.29) is 13.2 Å². The number of hydrogen-bond donors (Lipinski definition) is 2. The summed E-state index contributed by atoms with van der Waals surface area (Å²) in [4.78, 5) is 4.69. The topological polar surface area (TPSA) is 77.2 Å². The second-order valence-electron chi connectivity index (χ2n) is 8.11. The lowest BCUT2D eigenvalue weighted by Gasteiger charge is -2.27. The van der Waals surface area contributed by atoms with Crippen molar-refractivity contribution in [2.75, 3.05) is 31.7 Å². The third kappa shape index (κ3) is 7.96. The van der Waals surface area contributed by atoms with Crippen LogP contribution in [0.4, 0.5) is 5.69 Å². The van der Waals surface area contributed by atoms with Gasteiger partial charge in [0.15, 0.2) is 12.2 Å². The van der Waals surface area contributed by atoms with Gasteiger partial charge in [-0.15, -0.1) is 4.33 Å². The summed E-state index contributed by atoms with van der Waals surface area (Å²) in [6.45, 7) is 0.508. The van der Waals surface area contributed by atoms with Crippen LogP contribution in [0.25, 0.3) is 6.08 Å². The first-order valence-electron chi connectivity index (χ1n) is 10.5. The highest BCUT2D eigenvalue weighted by Crippen LogP contribution is 2.32. The number of hydrogen-bond acceptors (Lipinski definition) is 7. The van der Waals surface area contributed by atoms with Gasteiger partial charge < -0.3 is 15.6 Å². The monoisotopic (exact) mass is 444 g/mol. The molecule has 6 nitrogen and oxygen atoms in total. The lowest BCUT2D eigenvalue weighted by molar-refractivity contribution is -0.160. The maximum Gasteiger partial charge on any atom is 0.151 e. The Bertz CT molecular complexity index is 845. The zero-order valence-corrected chi connectivity index (χ0v) is 19.0. The Labute approximate surface area is 189 Å². The zero-order chi connectivity index (χ0) is 22.1. The maximum absolute atomic E-state index is 9.87. The lowest BCUT2D eigenvalue weighted by atomic mass is 9.93. The van der Waals surface area contributed by atoms with Gasteiger partial charge >= 0.3 is 0 Å². The van der Waals surface area contributed by atoms with Gasteiger partial charge in [-0.3, -0.25) is 4.31 Å². The standard InChI is InChI=1S/C24H32N2O4S/c1-26(31-30-28-2)23-13-21(11-10-19-8-9-19)12-22(14-23)16-29-18-24(25,17-27)15-20-6-4-3-5-7-20/h3-7,10-14,19,27H,8-9,15-18,25H2,1-2H3. The van der Waals surface area contributed by atoms with E-state index in [0.29, 0.717) is 18.9 Å². The quantitative estimate of drug-likeness (QED) is 0.208. The molecule has 3 N–H and O–H groups in total. The number of aliphatic hydroxyl groups is 1. The third-order valence-electron chi connectivity index (χ3n) is 5.13. The fourth-order valence-electron chi connectivity index (χ4n) is 3.24. The molecule has 1 aliphatic rings. The van der Waals surface area contributed by atoms with Gasteiger partial charge in [-0.05, 0) is 60.1 Å². The van der Waals surface area contributed by atoms with Crippen LogP contribution in [0.2, 0.25) is 0 Å². The molecule has 1 saturated carbocycles. The van der Waals surface area contributed by atoms with Gasteiger partial charge in [0, 0.05) is 12.7 Å².